The highest BCUT2D eigenvalue weighted by Crippen LogP contribution is 2.38. The van der Waals surface area contributed by atoms with Crippen molar-refractivity contribution in [2.45, 2.75) is 32.6 Å². The molecule has 1 aromatic heterocycles. The Hall–Kier alpha value is -0.870. The number of carboxylic acid groups (broad SMARTS) is 1. The number of aliphatic carboxylic acids is 1. The molecule has 1 aliphatic rings. The molecule has 2 atom stereocenters. The van der Waals surface area contributed by atoms with Crippen molar-refractivity contribution in [3.63, 3.8) is 0 Å². The van der Waals surface area contributed by atoms with Crippen LogP contribution in [0.1, 0.15) is 30.7 Å². The van der Waals surface area contributed by atoms with Crippen molar-refractivity contribution < 1.29 is 9.90 Å². The molecule has 4 heteroatoms. The minimum atomic E-state index is -0.643. The highest BCUT2D eigenvalue weighted by atomic mass is 32.1. The van der Waals surface area contributed by atoms with Crippen LogP contribution in [-0.4, -0.2) is 24.2 Å². The molecule has 0 amide bonds. The van der Waals surface area contributed by atoms with Gasteiger partial charge in [-0.1, -0.05) is 13.8 Å². The third-order valence-electron chi connectivity index (χ3n) is 3.69. The lowest BCUT2D eigenvalue weighted by molar-refractivity contribution is -0.138. The van der Waals surface area contributed by atoms with Gasteiger partial charge in [-0.05, 0) is 42.8 Å². The molecule has 18 heavy (non-hydrogen) atoms. The average Bonchev–Trinajstić information content (AvgIpc) is 2.91. The topological polar surface area (TPSA) is 49.3 Å². The molecule has 0 bridgehead atoms. The van der Waals surface area contributed by atoms with E-state index >= 15 is 0 Å². The minimum Gasteiger partial charge on any atom is -0.481 e. The van der Waals surface area contributed by atoms with Gasteiger partial charge in [-0.15, -0.1) is 11.3 Å². The second-order valence-electron chi connectivity index (χ2n) is 5.89. The Balaban J connectivity index is 1.80. The molecule has 1 aromatic rings. The lowest BCUT2D eigenvalue weighted by Crippen LogP contribution is -2.34. The third kappa shape index (κ3) is 2.93. The molecular formula is C14H21NO2S. The van der Waals surface area contributed by atoms with Crippen LogP contribution in [0.5, 0.6) is 0 Å². The summed E-state index contributed by atoms with van der Waals surface area (Å²) in [6, 6.07) is 2.16. The van der Waals surface area contributed by atoms with Crippen LogP contribution in [0.15, 0.2) is 11.4 Å². The van der Waals surface area contributed by atoms with E-state index in [0.717, 1.165) is 19.5 Å². The maximum Gasteiger partial charge on any atom is 0.306 e. The van der Waals surface area contributed by atoms with Crippen LogP contribution >= 0.6 is 11.3 Å². The molecule has 0 aliphatic heterocycles. The molecule has 1 aliphatic carbocycles. The van der Waals surface area contributed by atoms with Gasteiger partial charge in [0.1, 0.15) is 0 Å². The van der Waals surface area contributed by atoms with Gasteiger partial charge in [0.15, 0.2) is 0 Å². The summed E-state index contributed by atoms with van der Waals surface area (Å²) < 4.78 is 0. The molecule has 2 rings (SSSR count). The van der Waals surface area contributed by atoms with Gasteiger partial charge in [0, 0.05) is 16.8 Å². The standard InChI is InChI=1S/C14H21NO2S/c1-9-4-5-18-12(9)14(2,3)8-15-7-10-6-11(10)13(16)17/h4-5,10-11,15H,6-8H2,1-3H3,(H,16,17). The first-order valence-corrected chi connectivity index (χ1v) is 7.28. The van der Waals surface area contributed by atoms with E-state index in [1.54, 1.807) is 11.3 Å². The maximum atomic E-state index is 10.7. The molecule has 2 unspecified atom stereocenters. The van der Waals surface area contributed by atoms with Crippen LogP contribution < -0.4 is 5.32 Å². The fourth-order valence-electron chi connectivity index (χ4n) is 2.49. The van der Waals surface area contributed by atoms with Crippen LogP contribution in [-0.2, 0) is 10.2 Å². The van der Waals surface area contributed by atoms with Gasteiger partial charge >= 0.3 is 5.97 Å². The minimum absolute atomic E-state index is 0.107. The van der Waals surface area contributed by atoms with E-state index in [4.69, 9.17) is 5.11 Å². The van der Waals surface area contributed by atoms with Crippen LogP contribution in [0.25, 0.3) is 0 Å². The normalized spacial score (nSPS) is 23.1. The Morgan fingerprint density at radius 1 is 1.61 bits per heavy atom. The summed E-state index contributed by atoms with van der Waals surface area (Å²) in [6.07, 6.45) is 0.834. The van der Waals surface area contributed by atoms with E-state index in [1.165, 1.54) is 10.4 Å². The summed E-state index contributed by atoms with van der Waals surface area (Å²) in [7, 11) is 0. The first-order chi connectivity index (χ1) is 8.42. The molecule has 3 nitrogen and oxygen atoms in total. The molecule has 2 N–H and O–H groups in total. The maximum absolute atomic E-state index is 10.7. The van der Waals surface area contributed by atoms with Gasteiger partial charge < -0.3 is 10.4 Å². The summed E-state index contributed by atoms with van der Waals surface area (Å²) in [5, 5.41) is 14.4. The molecule has 1 heterocycles. The zero-order valence-electron chi connectivity index (χ0n) is 11.2. The summed E-state index contributed by atoms with van der Waals surface area (Å²) in [5.74, 6) is -0.415. The quantitative estimate of drug-likeness (QED) is 0.833. The predicted molar refractivity (Wildman–Crippen MR) is 74.2 cm³/mol. The third-order valence-corrected chi connectivity index (χ3v) is 5.07. The fraction of sp³-hybridized carbons (Fsp3) is 0.643. The molecule has 0 spiro atoms. The number of thiophene rings is 1. The molecular weight excluding hydrogens is 246 g/mol. The highest BCUT2D eigenvalue weighted by molar-refractivity contribution is 7.10. The van der Waals surface area contributed by atoms with Crippen LogP contribution in [0.2, 0.25) is 0 Å². The summed E-state index contributed by atoms with van der Waals surface area (Å²) >= 11 is 1.80. The molecule has 1 saturated carbocycles. The van der Waals surface area contributed by atoms with Crippen molar-refractivity contribution in [1.29, 1.82) is 0 Å². The van der Waals surface area contributed by atoms with Crippen LogP contribution in [0.3, 0.4) is 0 Å². The number of rotatable bonds is 6. The lowest BCUT2D eigenvalue weighted by atomic mass is 9.89. The van der Waals surface area contributed by atoms with Crippen molar-refractivity contribution in [3.05, 3.63) is 21.9 Å². The number of hydrogen-bond donors (Lipinski definition) is 2. The Labute approximate surface area is 112 Å². The van der Waals surface area contributed by atoms with Gasteiger partial charge in [-0.25, -0.2) is 0 Å². The number of carbonyl (C=O) groups is 1. The van der Waals surface area contributed by atoms with Crippen molar-refractivity contribution in [2.24, 2.45) is 11.8 Å². The van der Waals surface area contributed by atoms with E-state index in [-0.39, 0.29) is 11.3 Å². The molecule has 0 radical (unpaired) electrons. The Morgan fingerprint density at radius 2 is 2.33 bits per heavy atom. The lowest BCUT2D eigenvalue weighted by Gasteiger charge is -2.25. The summed E-state index contributed by atoms with van der Waals surface area (Å²) in [4.78, 5) is 12.2. The van der Waals surface area contributed by atoms with Crippen molar-refractivity contribution >= 4 is 17.3 Å². The zero-order valence-corrected chi connectivity index (χ0v) is 12.0. The van der Waals surface area contributed by atoms with Crippen molar-refractivity contribution in [1.82, 2.24) is 5.32 Å². The molecule has 100 valence electrons. The van der Waals surface area contributed by atoms with Crippen LogP contribution in [0, 0.1) is 18.8 Å². The van der Waals surface area contributed by atoms with E-state index in [9.17, 15) is 4.79 Å². The number of hydrogen-bond acceptors (Lipinski definition) is 3. The van der Waals surface area contributed by atoms with Crippen molar-refractivity contribution in [2.75, 3.05) is 13.1 Å². The van der Waals surface area contributed by atoms with E-state index in [2.05, 4.69) is 37.5 Å². The zero-order chi connectivity index (χ0) is 13.3. The monoisotopic (exact) mass is 267 g/mol. The second-order valence-corrected chi connectivity index (χ2v) is 6.80. The van der Waals surface area contributed by atoms with E-state index in [1.807, 2.05) is 0 Å². The number of nitrogens with one attached hydrogen (secondary N) is 1. The van der Waals surface area contributed by atoms with Gasteiger partial charge in [-0.3, -0.25) is 4.79 Å². The van der Waals surface area contributed by atoms with Crippen LogP contribution in [0.4, 0.5) is 0 Å². The number of carboxylic acids is 1. The van der Waals surface area contributed by atoms with Gasteiger partial charge in [0.25, 0.3) is 0 Å². The Bertz CT molecular complexity index is 439. The summed E-state index contributed by atoms with van der Waals surface area (Å²) in [5.41, 5.74) is 1.47. The Morgan fingerprint density at radius 3 is 2.83 bits per heavy atom. The van der Waals surface area contributed by atoms with Gasteiger partial charge in [0.05, 0.1) is 5.92 Å². The average molecular weight is 267 g/mol. The predicted octanol–water partition coefficient (Wildman–Crippen LogP) is 2.64. The fourth-order valence-corrected chi connectivity index (χ4v) is 3.55. The molecule has 1 fully saturated rings. The SMILES string of the molecule is Cc1ccsc1C(C)(C)CNCC1CC1C(=O)O. The number of aryl methyl sites for hydroxylation is 1. The van der Waals surface area contributed by atoms with Crippen molar-refractivity contribution in [3.8, 4) is 0 Å². The second kappa shape index (κ2) is 5.02. The van der Waals surface area contributed by atoms with E-state index < -0.39 is 5.97 Å². The van der Waals surface area contributed by atoms with E-state index in [0.29, 0.717) is 5.92 Å². The molecule has 0 aromatic carbocycles. The largest absolute Gasteiger partial charge is 0.481 e. The Kier molecular flexibility index (Phi) is 3.78. The molecule has 0 saturated heterocycles. The first-order valence-electron chi connectivity index (χ1n) is 6.40. The van der Waals surface area contributed by atoms with Gasteiger partial charge in [0.2, 0.25) is 0 Å². The highest BCUT2D eigenvalue weighted by Gasteiger charge is 2.42. The smallest absolute Gasteiger partial charge is 0.306 e. The first kappa shape index (κ1) is 13.6. The summed E-state index contributed by atoms with van der Waals surface area (Å²) in [6.45, 7) is 8.35. The van der Waals surface area contributed by atoms with Gasteiger partial charge in [-0.2, -0.15) is 0 Å².